The number of carbonyl (C=O) groups is 3. The summed E-state index contributed by atoms with van der Waals surface area (Å²) in [5.74, 6) is -0.987. The topological polar surface area (TPSA) is 82.6 Å². The third kappa shape index (κ3) is 3.62. The zero-order chi connectivity index (χ0) is 19.7. The standard InChI is InChI=1S/C19H19ClN4O3S/c20-13-4-1-2-5-14(13)24-11-12(10-16(24)25)18(27)23-8-3-6-15(23)17(26)22-19-21-7-9-28-19/h1-2,4-5,7,9,12,15H,3,6,8,10-11H2,(H,21,22,26). The highest BCUT2D eigenvalue weighted by atomic mass is 35.5. The number of halogens is 1. The number of anilines is 2. The van der Waals surface area contributed by atoms with Gasteiger partial charge in [-0.1, -0.05) is 23.7 Å². The molecule has 2 aliphatic rings. The first-order valence-corrected chi connectivity index (χ1v) is 10.4. The second-order valence-electron chi connectivity index (χ2n) is 6.87. The third-order valence-electron chi connectivity index (χ3n) is 5.12. The lowest BCUT2D eigenvalue weighted by molar-refractivity contribution is -0.140. The van der Waals surface area contributed by atoms with E-state index in [0.717, 1.165) is 6.42 Å². The second kappa shape index (κ2) is 7.89. The summed E-state index contributed by atoms with van der Waals surface area (Å²) in [6.45, 7) is 0.796. The molecule has 1 aromatic heterocycles. The quantitative estimate of drug-likeness (QED) is 0.827. The minimum Gasteiger partial charge on any atom is -0.330 e. The lowest BCUT2D eigenvalue weighted by Crippen LogP contribution is -2.46. The second-order valence-corrected chi connectivity index (χ2v) is 8.17. The van der Waals surface area contributed by atoms with Crippen molar-refractivity contribution in [2.75, 3.05) is 23.3 Å². The molecule has 9 heteroatoms. The Kier molecular flexibility index (Phi) is 5.32. The Morgan fingerprint density at radius 1 is 1.29 bits per heavy atom. The Balaban J connectivity index is 1.46. The van der Waals surface area contributed by atoms with Crippen LogP contribution in [0.1, 0.15) is 19.3 Å². The van der Waals surface area contributed by atoms with Crippen molar-refractivity contribution >= 4 is 51.5 Å². The molecular formula is C19H19ClN4O3S. The summed E-state index contributed by atoms with van der Waals surface area (Å²) in [5.41, 5.74) is 0.615. The highest BCUT2D eigenvalue weighted by molar-refractivity contribution is 7.13. The van der Waals surface area contributed by atoms with E-state index in [1.54, 1.807) is 39.6 Å². The number of aromatic nitrogens is 1. The van der Waals surface area contributed by atoms with E-state index < -0.39 is 12.0 Å². The molecule has 2 atom stereocenters. The summed E-state index contributed by atoms with van der Waals surface area (Å²) in [6, 6.07) is 6.57. The molecule has 3 heterocycles. The van der Waals surface area contributed by atoms with Gasteiger partial charge in [0.2, 0.25) is 17.7 Å². The Morgan fingerprint density at radius 2 is 2.11 bits per heavy atom. The van der Waals surface area contributed by atoms with Crippen molar-refractivity contribution in [3.8, 4) is 0 Å². The van der Waals surface area contributed by atoms with Crippen molar-refractivity contribution in [2.24, 2.45) is 5.92 Å². The van der Waals surface area contributed by atoms with Gasteiger partial charge in [0, 0.05) is 31.1 Å². The van der Waals surface area contributed by atoms with E-state index in [9.17, 15) is 14.4 Å². The number of benzene rings is 1. The van der Waals surface area contributed by atoms with Crippen LogP contribution in [0.5, 0.6) is 0 Å². The summed E-state index contributed by atoms with van der Waals surface area (Å²) in [6.07, 6.45) is 3.11. The average Bonchev–Trinajstić information content (AvgIpc) is 3.42. The van der Waals surface area contributed by atoms with Crippen LogP contribution in [0.3, 0.4) is 0 Å². The van der Waals surface area contributed by atoms with E-state index in [1.807, 2.05) is 6.07 Å². The molecule has 1 N–H and O–H groups in total. The zero-order valence-corrected chi connectivity index (χ0v) is 16.6. The van der Waals surface area contributed by atoms with Gasteiger partial charge in [-0.05, 0) is 25.0 Å². The normalized spacial score (nSPS) is 22.0. The number of nitrogens with zero attached hydrogens (tertiary/aromatic N) is 3. The van der Waals surface area contributed by atoms with Crippen molar-refractivity contribution < 1.29 is 14.4 Å². The van der Waals surface area contributed by atoms with E-state index in [2.05, 4.69) is 10.3 Å². The molecule has 146 valence electrons. The number of carbonyl (C=O) groups excluding carboxylic acids is 3. The number of hydrogen-bond donors (Lipinski definition) is 1. The van der Waals surface area contributed by atoms with Gasteiger partial charge in [-0.25, -0.2) is 4.98 Å². The fraction of sp³-hybridized carbons (Fsp3) is 0.368. The van der Waals surface area contributed by atoms with Crippen molar-refractivity contribution in [1.82, 2.24) is 9.88 Å². The molecule has 2 aliphatic heterocycles. The molecule has 0 bridgehead atoms. The number of para-hydroxylation sites is 1. The Bertz CT molecular complexity index is 904. The number of amides is 3. The summed E-state index contributed by atoms with van der Waals surface area (Å²) in [7, 11) is 0. The van der Waals surface area contributed by atoms with Crippen molar-refractivity contribution in [1.29, 1.82) is 0 Å². The smallest absolute Gasteiger partial charge is 0.248 e. The fourth-order valence-electron chi connectivity index (χ4n) is 3.79. The number of rotatable bonds is 4. The molecule has 0 radical (unpaired) electrons. The largest absolute Gasteiger partial charge is 0.330 e. The first-order valence-electron chi connectivity index (χ1n) is 9.10. The van der Waals surface area contributed by atoms with E-state index in [4.69, 9.17) is 11.6 Å². The van der Waals surface area contributed by atoms with Crippen molar-refractivity contribution in [3.63, 3.8) is 0 Å². The lowest BCUT2D eigenvalue weighted by atomic mass is 10.1. The average molecular weight is 419 g/mol. The molecular weight excluding hydrogens is 400 g/mol. The minimum absolute atomic E-state index is 0.126. The Hall–Kier alpha value is -2.45. The van der Waals surface area contributed by atoms with Crippen molar-refractivity contribution in [2.45, 2.75) is 25.3 Å². The highest BCUT2D eigenvalue weighted by Gasteiger charge is 2.42. The number of likely N-dealkylation sites (tertiary alicyclic amines) is 1. The summed E-state index contributed by atoms with van der Waals surface area (Å²) >= 11 is 7.54. The van der Waals surface area contributed by atoms with Crippen molar-refractivity contribution in [3.05, 3.63) is 40.9 Å². The first kappa shape index (κ1) is 18.9. The maximum atomic E-state index is 13.1. The van der Waals surface area contributed by atoms with Crippen LogP contribution in [0.4, 0.5) is 10.8 Å². The molecule has 0 spiro atoms. The Labute approximate surface area is 171 Å². The molecule has 3 amide bonds. The maximum absolute atomic E-state index is 13.1. The van der Waals surface area contributed by atoms with Crippen LogP contribution in [0.2, 0.25) is 5.02 Å². The first-order chi connectivity index (χ1) is 13.5. The molecule has 2 saturated heterocycles. The molecule has 2 fully saturated rings. The van der Waals surface area contributed by atoms with Crippen LogP contribution in [0.15, 0.2) is 35.8 Å². The lowest BCUT2D eigenvalue weighted by Gasteiger charge is -2.26. The van der Waals surface area contributed by atoms with Crippen LogP contribution in [0, 0.1) is 5.92 Å². The Morgan fingerprint density at radius 3 is 2.86 bits per heavy atom. The van der Waals surface area contributed by atoms with Crippen LogP contribution in [-0.2, 0) is 14.4 Å². The van der Waals surface area contributed by atoms with E-state index in [1.165, 1.54) is 11.3 Å². The number of nitrogens with one attached hydrogen (secondary N) is 1. The summed E-state index contributed by atoms with van der Waals surface area (Å²) in [4.78, 5) is 45.4. The third-order valence-corrected chi connectivity index (χ3v) is 6.13. The van der Waals surface area contributed by atoms with Crippen LogP contribution >= 0.6 is 22.9 Å². The highest BCUT2D eigenvalue weighted by Crippen LogP contribution is 2.33. The van der Waals surface area contributed by atoms with Gasteiger partial charge in [-0.3, -0.25) is 14.4 Å². The predicted molar refractivity (Wildman–Crippen MR) is 107 cm³/mol. The van der Waals surface area contributed by atoms with Crippen LogP contribution in [0.25, 0.3) is 0 Å². The van der Waals surface area contributed by atoms with Gasteiger partial charge in [0.1, 0.15) is 6.04 Å². The van der Waals surface area contributed by atoms with E-state index >= 15 is 0 Å². The summed E-state index contributed by atoms with van der Waals surface area (Å²) in [5, 5.41) is 5.54. The maximum Gasteiger partial charge on any atom is 0.248 e. The van der Waals surface area contributed by atoms with Gasteiger partial charge in [-0.15, -0.1) is 11.3 Å². The minimum atomic E-state index is -0.527. The zero-order valence-electron chi connectivity index (χ0n) is 15.0. The summed E-state index contributed by atoms with van der Waals surface area (Å²) < 4.78 is 0. The monoisotopic (exact) mass is 418 g/mol. The molecule has 7 nitrogen and oxygen atoms in total. The van der Waals surface area contributed by atoms with Gasteiger partial charge < -0.3 is 15.1 Å². The van der Waals surface area contributed by atoms with Gasteiger partial charge in [0.25, 0.3) is 0 Å². The molecule has 28 heavy (non-hydrogen) atoms. The van der Waals surface area contributed by atoms with Gasteiger partial charge in [0.15, 0.2) is 5.13 Å². The van der Waals surface area contributed by atoms with E-state index in [-0.39, 0.29) is 30.7 Å². The molecule has 0 aliphatic carbocycles. The molecule has 1 aromatic carbocycles. The molecule has 2 unspecified atom stereocenters. The fourth-order valence-corrected chi connectivity index (χ4v) is 4.56. The van der Waals surface area contributed by atoms with Gasteiger partial charge in [0.05, 0.1) is 16.6 Å². The molecule has 2 aromatic rings. The number of hydrogen-bond acceptors (Lipinski definition) is 5. The molecule has 0 saturated carbocycles. The van der Waals surface area contributed by atoms with Gasteiger partial charge >= 0.3 is 0 Å². The SMILES string of the molecule is O=C(Nc1nccs1)C1CCCN1C(=O)C1CC(=O)N(c2ccccc2Cl)C1. The van der Waals surface area contributed by atoms with Gasteiger partial charge in [-0.2, -0.15) is 0 Å². The predicted octanol–water partition coefficient (Wildman–Crippen LogP) is 2.78. The molecule has 4 rings (SSSR count). The van der Waals surface area contributed by atoms with Crippen LogP contribution < -0.4 is 10.2 Å². The number of thiazole rings is 1. The van der Waals surface area contributed by atoms with E-state index in [0.29, 0.717) is 28.8 Å². The van der Waals surface area contributed by atoms with Crippen LogP contribution in [-0.4, -0.2) is 46.7 Å².